The van der Waals surface area contributed by atoms with E-state index in [9.17, 15) is 4.79 Å². The second-order valence-electron chi connectivity index (χ2n) is 5.29. The summed E-state index contributed by atoms with van der Waals surface area (Å²) in [5.41, 5.74) is 8.39. The van der Waals surface area contributed by atoms with Gasteiger partial charge in [0.05, 0.1) is 18.3 Å². The molecule has 0 aromatic carbocycles. The Morgan fingerprint density at radius 3 is 2.95 bits per heavy atom. The lowest BCUT2D eigenvalue weighted by Gasteiger charge is -2.39. The van der Waals surface area contributed by atoms with E-state index < -0.39 is 0 Å². The lowest BCUT2D eigenvalue weighted by molar-refractivity contribution is -0.138. The van der Waals surface area contributed by atoms with Crippen LogP contribution in [0, 0.1) is 0 Å². The molecule has 1 amide bonds. The maximum atomic E-state index is 12.2. The molecule has 0 aliphatic carbocycles. The minimum Gasteiger partial charge on any atom is -0.383 e. The molecule has 6 heteroatoms. The summed E-state index contributed by atoms with van der Waals surface area (Å²) in [6.07, 6.45) is 4.07. The molecule has 1 aromatic heterocycles. The Morgan fingerprint density at radius 1 is 1.55 bits per heavy atom. The van der Waals surface area contributed by atoms with Crippen LogP contribution in [0.5, 0.6) is 0 Å². The van der Waals surface area contributed by atoms with Gasteiger partial charge < -0.3 is 15.4 Å². The number of amides is 1. The van der Waals surface area contributed by atoms with Gasteiger partial charge in [0.25, 0.3) is 0 Å². The molecule has 2 heterocycles. The molecule has 20 heavy (non-hydrogen) atoms. The van der Waals surface area contributed by atoms with Crippen LogP contribution >= 0.6 is 0 Å². The van der Waals surface area contributed by atoms with E-state index in [2.05, 4.69) is 12.0 Å². The first kappa shape index (κ1) is 15.0. The van der Waals surface area contributed by atoms with Gasteiger partial charge in [0.15, 0.2) is 0 Å². The fraction of sp³-hybridized carbons (Fsp3) is 0.714. The minimum absolute atomic E-state index is 0.0425. The van der Waals surface area contributed by atoms with Crippen molar-refractivity contribution in [2.75, 3.05) is 20.3 Å². The first-order valence-corrected chi connectivity index (χ1v) is 7.14. The van der Waals surface area contributed by atoms with E-state index >= 15 is 0 Å². The summed E-state index contributed by atoms with van der Waals surface area (Å²) >= 11 is 0. The van der Waals surface area contributed by atoms with Gasteiger partial charge in [0.1, 0.15) is 0 Å². The molecule has 0 radical (unpaired) electrons. The lowest BCUT2D eigenvalue weighted by Crippen LogP contribution is -2.50. The highest BCUT2D eigenvalue weighted by Gasteiger charge is 2.36. The number of likely N-dealkylation sites (tertiary alicyclic amines) is 1. The summed E-state index contributed by atoms with van der Waals surface area (Å²) in [5.74, 6) is 0.152. The van der Waals surface area contributed by atoms with Gasteiger partial charge >= 0.3 is 0 Å². The monoisotopic (exact) mass is 280 g/mol. The number of carbonyl (C=O) groups excluding carboxylic acids is 1. The second-order valence-corrected chi connectivity index (χ2v) is 5.29. The van der Waals surface area contributed by atoms with Gasteiger partial charge in [-0.3, -0.25) is 9.48 Å². The zero-order chi connectivity index (χ0) is 14.7. The van der Waals surface area contributed by atoms with E-state index in [1.807, 2.05) is 18.1 Å². The molecule has 6 nitrogen and oxygen atoms in total. The number of methoxy groups -OCH3 is 1. The molecule has 2 rings (SSSR count). The van der Waals surface area contributed by atoms with Crippen LogP contribution in [-0.4, -0.2) is 46.9 Å². The van der Waals surface area contributed by atoms with Crippen molar-refractivity contribution in [2.45, 2.75) is 38.3 Å². The van der Waals surface area contributed by atoms with Crippen molar-refractivity contribution < 1.29 is 9.53 Å². The molecule has 2 unspecified atom stereocenters. The normalized spacial score (nSPS) is 23.4. The van der Waals surface area contributed by atoms with Gasteiger partial charge in [-0.1, -0.05) is 6.92 Å². The lowest BCUT2D eigenvalue weighted by atomic mass is 9.90. The van der Waals surface area contributed by atoms with Crippen molar-refractivity contribution in [1.82, 2.24) is 14.7 Å². The molecular weight excluding hydrogens is 256 g/mol. The fourth-order valence-electron chi connectivity index (χ4n) is 2.90. The van der Waals surface area contributed by atoms with E-state index in [-0.39, 0.29) is 18.0 Å². The van der Waals surface area contributed by atoms with Gasteiger partial charge in [-0.25, -0.2) is 0 Å². The molecule has 1 fully saturated rings. The molecule has 1 aromatic rings. The molecule has 0 bridgehead atoms. The predicted octanol–water partition coefficient (Wildman–Crippen LogP) is 0.620. The first-order valence-electron chi connectivity index (χ1n) is 7.14. The molecule has 2 N–H and O–H groups in total. The Labute approximate surface area is 119 Å². The topological polar surface area (TPSA) is 73.4 Å². The molecule has 0 saturated carbocycles. The van der Waals surface area contributed by atoms with Gasteiger partial charge in [0, 0.05) is 44.9 Å². The number of aromatic nitrogens is 2. The Morgan fingerprint density at radius 2 is 2.30 bits per heavy atom. The molecule has 0 spiro atoms. The Bertz CT molecular complexity index is 472. The highest BCUT2D eigenvalue weighted by atomic mass is 16.5. The average molecular weight is 280 g/mol. The molecule has 1 aliphatic rings. The standard InChI is InChI=1S/C14H24N4O2/c1-4-12-10(9-17(2)16-12)14-11(15)5-6-13(19)18(14)7-8-20-3/h9,11,14H,4-8,15H2,1-3H3. The maximum Gasteiger partial charge on any atom is 0.223 e. The molecule has 2 atom stereocenters. The number of aryl methyl sites for hydroxylation is 2. The van der Waals surface area contributed by atoms with Crippen LogP contribution in [-0.2, 0) is 23.0 Å². The predicted molar refractivity (Wildman–Crippen MR) is 76.1 cm³/mol. The number of carbonyl (C=O) groups is 1. The summed E-state index contributed by atoms with van der Waals surface area (Å²) in [5, 5.41) is 4.47. The van der Waals surface area contributed by atoms with E-state index in [1.165, 1.54) is 0 Å². The van der Waals surface area contributed by atoms with E-state index in [4.69, 9.17) is 10.5 Å². The van der Waals surface area contributed by atoms with Crippen LogP contribution < -0.4 is 5.73 Å². The summed E-state index contributed by atoms with van der Waals surface area (Å²) in [6, 6.07) is -0.130. The number of hydrogen-bond donors (Lipinski definition) is 1. The largest absolute Gasteiger partial charge is 0.383 e. The van der Waals surface area contributed by atoms with Gasteiger partial charge in [-0.05, 0) is 12.8 Å². The zero-order valence-electron chi connectivity index (χ0n) is 12.5. The van der Waals surface area contributed by atoms with Gasteiger partial charge in [-0.2, -0.15) is 5.10 Å². The van der Waals surface area contributed by atoms with Crippen LogP contribution in [0.3, 0.4) is 0 Å². The number of rotatable bonds is 5. The Hall–Kier alpha value is -1.40. The molecular formula is C14H24N4O2. The molecule has 1 saturated heterocycles. The van der Waals surface area contributed by atoms with Gasteiger partial charge in [0.2, 0.25) is 5.91 Å². The third-order valence-corrected chi connectivity index (χ3v) is 3.88. The Kier molecular flexibility index (Phi) is 4.77. The number of nitrogens with two attached hydrogens (primary N) is 1. The minimum atomic E-state index is -0.0879. The first-order chi connectivity index (χ1) is 9.58. The van der Waals surface area contributed by atoms with Crippen LogP contribution in [0.15, 0.2) is 6.20 Å². The molecule has 112 valence electrons. The number of piperidine rings is 1. The number of hydrogen-bond acceptors (Lipinski definition) is 4. The summed E-state index contributed by atoms with van der Waals surface area (Å²) in [7, 11) is 3.54. The van der Waals surface area contributed by atoms with Crippen LogP contribution in [0.25, 0.3) is 0 Å². The SMILES string of the molecule is CCc1nn(C)cc1C1C(N)CCC(=O)N1CCOC. The average Bonchev–Trinajstić information content (AvgIpc) is 2.80. The van der Waals surface area contributed by atoms with E-state index in [0.717, 1.165) is 24.1 Å². The summed E-state index contributed by atoms with van der Waals surface area (Å²) < 4.78 is 6.92. The van der Waals surface area contributed by atoms with Crippen molar-refractivity contribution in [1.29, 1.82) is 0 Å². The second kappa shape index (κ2) is 6.37. The van der Waals surface area contributed by atoms with Crippen LogP contribution in [0.1, 0.15) is 37.1 Å². The maximum absolute atomic E-state index is 12.2. The van der Waals surface area contributed by atoms with E-state index in [0.29, 0.717) is 19.6 Å². The third kappa shape index (κ3) is 2.86. The highest BCUT2D eigenvalue weighted by molar-refractivity contribution is 5.78. The third-order valence-electron chi connectivity index (χ3n) is 3.88. The van der Waals surface area contributed by atoms with Crippen molar-refractivity contribution in [2.24, 2.45) is 12.8 Å². The van der Waals surface area contributed by atoms with Crippen molar-refractivity contribution in [3.05, 3.63) is 17.5 Å². The van der Waals surface area contributed by atoms with Crippen LogP contribution in [0.2, 0.25) is 0 Å². The van der Waals surface area contributed by atoms with Crippen molar-refractivity contribution in [3.63, 3.8) is 0 Å². The zero-order valence-corrected chi connectivity index (χ0v) is 12.5. The van der Waals surface area contributed by atoms with Crippen molar-refractivity contribution >= 4 is 5.91 Å². The molecule has 1 aliphatic heterocycles. The highest BCUT2D eigenvalue weighted by Crippen LogP contribution is 2.32. The number of nitrogens with zero attached hydrogens (tertiary/aromatic N) is 3. The summed E-state index contributed by atoms with van der Waals surface area (Å²) in [6.45, 7) is 3.17. The van der Waals surface area contributed by atoms with E-state index in [1.54, 1.807) is 11.8 Å². The fourth-order valence-corrected chi connectivity index (χ4v) is 2.90. The quantitative estimate of drug-likeness (QED) is 0.858. The smallest absolute Gasteiger partial charge is 0.223 e. The Balaban J connectivity index is 2.33. The van der Waals surface area contributed by atoms with Gasteiger partial charge in [-0.15, -0.1) is 0 Å². The number of ether oxygens (including phenoxy) is 1. The van der Waals surface area contributed by atoms with Crippen molar-refractivity contribution in [3.8, 4) is 0 Å². The summed E-state index contributed by atoms with van der Waals surface area (Å²) in [4.78, 5) is 14.1. The van der Waals surface area contributed by atoms with Crippen LogP contribution in [0.4, 0.5) is 0 Å².